The molecule has 2 rings (SSSR count). The van der Waals surface area contributed by atoms with Gasteiger partial charge in [-0.2, -0.15) is 0 Å². The summed E-state index contributed by atoms with van der Waals surface area (Å²) < 4.78 is 18.6. The zero-order chi connectivity index (χ0) is 14.2. The maximum Gasteiger partial charge on any atom is 0.238 e. The molecule has 1 aromatic carbocycles. The lowest BCUT2D eigenvalue weighted by molar-refractivity contribution is -0.115. The van der Waals surface area contributed by atoms with E-state index in [1.807, 2.05) is 0 Å². The smallest absolute Gasteiger partial charge is 0.238 e. The zero-order valence-electron chi connectivity index (χ0n) is 11.4. The second kappa shape index (κ2) is 7.94. The SMILES string of the molecule is O=C(CNCCN1CCOCC1)Nc1ccccc1F. The summed E-state index contributed by atoms with van der Waals surface area (Å²) in [6.07, 6.45) is 0. The Morgan fingerprint density at radius 2 is 2.05 bits per heavy atom. The Bertz CT molecular complexity index is 436. The average molecular weight is 281 g/mol. The number of ether oxygens (including phenoxy) is 1. The van der Waals surface area contributed by atoms with Gasteiger partial charge in [-0.05, 0) is 12.1 Å². The van der Waals surface area contributed by atoms with E-state index in [4.69, 9.17) is 4.74 Å². The molecule has 1 amide bonds. The number of morpholine rings is 1. The Morgan fingerprint density at radius 3 is 2.80 bits per heavy atom. The first-order valence-corrected chi connectivity index (χ1v) is 6.81. The summed E-state index contributed by atoms with van der Waals surface area (Å²) in [6, 6.07) is 6.14. The van der Waals surface area contributed by atoms with Crippen LogP contribution >= 0.6 is 0 Å². The predicted molar refractivity (Wildman–Crippen MR) is 75.2 cm³/mol. The molecule has 0 atom stereocenters. The lowest BCUT2D eigenvalue weighted by Gasteiger charge is -2.26. The van der Waals surface area contributed by atoms with Gasteiger partial charge in [0.2, 0.25) is 5.91 Å². The molecule has 6 heteroatoms. The summed E-state index contributed by atoms with van der Waals surface area (Å²) in [5.74, 6) is -0.661. The molecule has 0 bridgehead atoms. The molecule has 0 spiro atoms. The van der Waals surface area contributed by atoms with Gasteiger partial charge in [-0.25, -0.2) is 4.39 Å². The fourth-order valence-electron chi connectivity index (χ4n) is 2.02. The van der Waals surface area contributed by atoms with Gasteiger partial charge in [-0.15, -0.1) is 0 Å². The Balaban J connectivity index is 1.61. The van der Waals surface area contributed by atoms with Crippen molar-refractivity contribution in [2.75, 3.05) is 51.3 Å². The standard InChI is InChI=1S/C14H20FN3O2/c15-12-3-1-2-4-13(12)17-14(19)11-16-5-6-18-7-9-20-10-8-18/h1-4,16H,5-11H2,(H,17,19). The number of rotatable bonds is 6. The third-order valence-corrected chi connectivity index (χ3v) is 3.14. The first-order valence-electron chi connectivity index (χ1n) is 6.81. The van der Waals surface area contributed by atoms with Crippen molar-refractivity contribution in [1.29, 1.82) is 0 Å². The van der Waals surface area contributed by atoms with Crippen LogP contribution in [0.5, 0.6) is 0 Å². The number of hydrogen-bond donors (Lipinski definition) is 2. The van der Waals surface area contributed by atoms with E-state index in [1.54, 1.807) is 18.2 Å². The van der Waals surface area contributed by atoms with Crippen LogP contribution in [0.4, 0.5) is 10.1 Å². The number of carbonyl (C=O) groups is 1. The van der Waals surface area contributed by atoms with E-state index in [0.29, 0.717) is 0 Å². The molecule has 0 radical (unpaired) electrons. The van der Waals surface area contributed by atoms with Gasteiger partial charge in [0.05, 0.1) is 25.4 Å². The Labute approximate surface area is 118 Å². The van der Waals surface area contributed by atoms with Gasteiger partial charge in [0, 0.05) is 26.2 Å². The molecule has 0 aromatic heterocycles. The van der Waals surface area contributed by atoms with Crippen LogP contribution in [0, 0.1) is 5.82 Å². The van der Waals surface area contributed by atoms with Crippen molar-refractivity contribution in [2.45, 2.75) is 0 Å². The molecular weight excluding hydrogens is 261 g/mol. The molecule has 1 aliphatic rings. The summed E-state index contributed by atoms with van der Waals surface area (Å²) in [5, 5.41) is 5.59. The third kappa shape index (κ3) is 4.88. The molecule has 0 saturated carbocycles. The van der Waals surface area contributed by atoms with Crippen molar-refractivity contribution in [2.24, 2.45) is 0 Å². The van der Waals surface area contributed by atoms with Crippen LogP contribution < -0.4 is 10.6 Å². The van der Waals surface area contributed by atoms with Crippen LogP contribution in [0.1, 0.15) is 0 Å². The van der Waals surface area contributed by atoms with E-state index in [9.17, 15) is 9.18 Å². The molecule has 1 fully saturated rings. The molecule has 1 saturated heterocycles. The maximum absolute atomic E-state index is 13.3. The topological polar surface area (TPSA) is 53.6 Å². The van der Waals surface area contributed by atoms with E-state index in [1.165, 1.54) is 6.07 Å². The Morgan fingerprint density at radius 1 is 1.30 bits per heavy atom. The van der Waals surface area contributed by atoms with Crippen LogP contribution in [0.25, 0.3) is 0 Å². The number of nitrogens with one attached hydrogen (secondary N) is 2. The Hall–Kier alpha value is -1.50. The number of halogens is 1. The monoisotopic (exact) mass is 281 g/mol. The minimum atomic E-state index is -0.422. The van der Waals surface area contributed by atoms with E-state index < -0.39 is 5.82 Å². The molecule has 110 valence electrons. The molecule has 1 aliphatic heterocycles. The second-order valence-corrected chi connectivity index (χ2v) is 4.66. The van der Waals surface area contributed by atoms with E-state index in [2.05, 4.69) is 15.5 Å². The Kier molecular flexibility index (Phi) is 5.91. The number of nitrogens with zero attached hydrogens (tertiary/aromatic N) is 1. The van der Waals surface area contributed by atoms with Crippen molar-refractivity contribution >= 4 is 11.6 Å². The highest BCUT2D eigenvalue weighted by atomic mass is 19.1. The van der Waals surface area contributed by atoms with Crippen LogP contribution in [0.15, 0.2) is 24.3 Å². The van der Waals surface area contributed by atoms with Gasteiger partial charge in [-0.1, -0.05) is 12.1 Å². The third-order valence-electron chi connectivity index (χ3n) is 3.14. The minimum absolute atomic E-state index is 0.179. The highest BCUT2D eigenvalue weighted by Gasteiger charge is 2.10. The number of anilines is 1. The summed E-state index contributed by atoms with van der Waals surface area (Å²) in [7, 11) is 0. The van der Waals surface area contributed by atoms with Crippen LogP contribution in [0.3, 0.4) is 0 Å². The largest absolute Gasteiger partial charge is 0.379 e. The number of hydrogen-bond acceptors (Lipinski definition) is 4. The van der Waals surface area contributed by atoms with Crippen molar-refractivity contribution in [3.05, 3.63) is 30.1 Å². The van der Waals surface area contributed by atoms with Gasteiger partial charge in [0.25, 0.3) is 0 Å². The number of benzene rings is 1. The first-order chi connectivity index (χ1) is 9.75. The van der Waals surface area contributed by atoms with Gasteiger partial charge in [0.1, 0.15) is 5.82 Å². The maximum atomic E-state index is 13.3. The van der Waals surface area contributed by atoms with Crippen LogP contribution in [-0.4, -0.2) is 56.7 Å². The lowest BCUT2D eigenvalue weighted by Crippen LogP contribution is -2.41. The second-order valence-electron chi connectivity index (χ2n) is 4.66. The summed E-state index contributed by atoms with van der Waals surface area (Å²) in [6.45, 7) is 5.20. The summed E-state index contributed by atoms with van der Waals surface area (Å²) >= 11 is 0. The molecule has 1 heterocycles. The van der Waals surface area contributed by atoms with Crippen molar-refractivity contribution in [3.63, 3.8) is 0 Å². The fourth-order valence-corrected chi connectivity index (χ4v) is 2.02. The van der Waals surface area contributed by atoms with E-state index in [-0.39, 0.29) is 18.1 Å². The molecule has 0 unspecified atom stereocenters. The van der Waals surface area contributed by atoms with Gasteiger partial charge < -0.3 is 15.4 Å². The quantitative estimate of drug-likeness (QED) is 0.753. The molecule has 5 nitrogen and oxygen atoms in total. The van der Waals surface area contributed by atoms with E-state index in [0.717, 1.165) is 39.4 Å². The molecular formula is C14H20FN3O2. The van der Waals surface area contributed by atoms with Gasteiger partial charge in [0.15, 0.2) is 0 Å². The fraction of sp³-hybridized carbons (Fsp3) is 0.500. The lowest BCUT2D eigenvalue weighted by atomic mass is 10.3. The molecule has 20 heavy (non-hydrogen) atoms. The highest BCUT2D eigenvalue weighted by molar-refractivity contribution is 5.92. The number of para-hydroxylation sites is 1. The van der Waals surface area contributed by atoms with Crippen LogP contribution in [0.2, 0.25) is 0 Å². The molecule has 1 aromatic rings. The van der Waals surface area contributed by atoms with Gasteiger partial charge in [-0.3, -0.25) is 9.69 Å². The van der Waals surface area contributed by atoms with Crippen LogP contribution in [-0.2, 0) is 9.53 Å². The normalized spacial score (nSPS) is 16.1. The minimum Gasteiger partial charge on any atom is -0.379 e. The first kappa shape index (κ1) is 14.9. The predicted octanol–water partition coefficient (Wildman–Crippen LogP) is 0.686. The van der Waals surface area contributed by atoms with Crippen molar-refractivity contribution in [1.82, 2.24) is 10.2 Å². The molecule has 2 N–H and O–H groups in total. The van der Waals surface area contributed by atoms with Gasteiger partial charge >= 0.3 is 0 Å². The van der Waals surface area contributed by atoms with Crippen molar-refractivity contribution in [3.8, 4) is 0 Å². The number of amides is 1. The summed E-state index contributed by atoms with van der Waals surface area (Å²) in [5.41, 5.74) is 0.215. The highest BCUT2D eigenvalue weighted by Crippen LogP contribution is 2.11. The average Bonchev–Trinajstić information content (AvgIpc) is 2.47. The summed E-state index contributed by atoms with van der Waals surface area (Å²) in [4.78, 5) is 13.9. The zero-order valence-corrected chi connectivity index (χ0v) is 11.4. The van der Waals surface area contributed by atoms with Crippen molar-refractivity contribution < 1.29 is 13.9 Å². The number of carbonyl (C=O) groups excluding carboxylic acids is 1. The molecule has 0 aliphatic carbocycles. The van der Waals surface area contributed by atoms with E-state index >= 15 is 0 Å².